The first-order chi connectivity index (χ1) is 7.00. The number of benzene rings is 1. The highest BCUT2D eigenvalue weighted by atomic mass is 19.3. The van der Waals surface area contributed by atoms with Crippen molar-refractivity contribution >= 4 is 5.91 Å². The van der Waals surface area contributed by atoms with E-state index in [0.717, 1.165) is 5.56 Å². The van der Waals surface area contributed by atoms with Crippen LogP contribution < -0.4 is 5.32 Å². The summed E-state index contributed by atoms with van der Waals surface area (Å²) in [5.41, 5.74) is 0.783. The molecule has 0 bridgehead atoms. The van der Waals surface area contributed by atoms with Crippen molar-refractivity contribution in [1.82, 2.24) is 5.32 Å². The van der Waals surface area contributed by atoms with E-state index in [1.165, 1.54) is 12.1 Å². The van der Waals surface area contributed by atoms with E-state index < -0.39 is 18.9 Å². The van der Waals surface area contributed by atoms with E-state index in [0.29, 0.717) is 0 Å². The highest BCUT2D eigenvalue weighted by Crippen LogP contribution is 2.17. The quantitative estimate of drug-likeness (QED) is 0.806. The molecule has 0 aliphatic rings. The Morgan fingerprint density at radius 3 is 2.80 bits per heavy atom. The normalized spacial score (nSPS) is 10.4. The van der Waals surface area contributed by atoms with Crippen LogP contribution in [0.1, 0.15) is 15.9 Å². The number of phenolic OH excluding ortho intramolecular Hbond substituents is 1. The average Bonchev–Trinajstić information content (AvgIpc) is 2.18. The van der Waals surface area contributed by atoms with E-state index >= 15 is 0 Å². The number of carbonyl (C=O) groups excluding carboxylic acids is 1. The molecule has 15 heavy (non-hydrogen) atoms. The number of rotatable bonds is 3. The van der Waals surface area contributed by atoms with Crippen LogP contribution in [0.3, 0.4) is 0 Å². The molecule has 0 saturated carbocycles. The van der Waals surface area contributed by atoms with Gasteiger partial charge < -0.3 is 10.4 Å². The minimum atomic E-state index is -2.60. The second-order valence-electron chi connectivity index (χ2n) is 3.12. The molecule has 1 aromatic rings. The molecule has 1 amide bonds. The van der Waals surface area contributed by atoms with Gasteiger partial charge in [0.05, 0.1) is 12.1 Å². The van der Waals surface area contributed by atoms with E-state index in [1.54, 1.807) is 13.0 Å². The van der Waals surface area contributed by atoms with Gasteiger partial charge in [0, 0.05) is 0 Å². The van der Waals surface area contributed by atoms with Crippen LogP contribution >= 0.6 is 0 Å². The summed E-state index contributed by atoms with van der Waals surface area (Å²) in [6.07, 6.45) is -2.60. The number of carbonyl (C=O) groups is 1. The first kappa shape index (κ1) is 11.4. The molecule has 1 rings (SSSR count). The van der Waals surface area contributed by atoms with Crippen LogP contribution in [-0.2, 0) is 0 Å². The van der Waals surface area contributed by atoms with E-state index in [-0.39, 0.29) is 11.3 Å². The lowest BCUT2D eigenvalue weighted by Crippen LogP contribution is -2.28. The van der Waals surface area contributed by atoms with Crippen molar-refractivity contribution in [2.24, 2.45) is 0 Å². The SMILES string of the molecule is Cc1ccc(O)c(C(=O)NCC(F)F)c1. The van der Waals surface area contributed by atoms with Gasteiger partial charge in [-0.25, -0.2) is 8.78 Å². The fourth-order valence-corrected chi connectivity index (χ4v) is 1.10. The number of aromatic hydroxyl groups is 1. The second-order valence-corrected chi connectivity index (χ2v) is 3.12. The average molecular weight is 215 g/mol. The molecule has 0 aliphatic heterocycles. The highest BCUT2D eigenvalue weighted by Gasteiger charge is 2.12. The van der Waals surface area contributed by atoms with E-state index in [2.05, 4.69) is 0 Å². The zero-order valence-electron chi connectivity index (χ0n) is 8.13. The first-order valence-corrected chi connectivity index (χ1v) is 4.36. The summed E-state index contributed by atoms with van der Waals surface area (Å²) in [5, 5.41) is 11.3. The number of hydrogen-bond donors (Lipinski definition) is 2. The van der Waals surface area contributed by atoms with Crippen molar-refractivity contribution in [3.63, 3.8) is 0 Å². The van der Waals surface area contributed by atoms with Crippen LogP contribution in [0.4, 0.5) is 8.78 Å². The maximum absolute atomic E-state index is 11.8. The van der Waals surface area contributed by atoms with Crippen LogP contribution in [0, 0.1) is 6.92 Å². The van der Waals surface area contributed by atoms with E-state index in [9.17, 15) is 18.7 Å². The van der Waals surface area contributed by atoms with Crippen molar-refractivity contribution in [3.05, 3.63) is 29.3 Å². The van der Waals surface area contributed by atoms with Crippen LogP contribution in [-0.4, -0.2) is 24.0 Å². The third kappa shape index (κ3) is 3.19. The lowest BCUT2D eigenvalue weighted by atomic mass is 10.1. The molecule has 0 heterocycles. The Morgan fingerprint density at radius 2 is 2.20 bits per heavy atom. The van der Waals surface area contributed by atoms with Crippen LogP contribution in [0.15, 0.2) is 18.2 Å². The zero-order valence-corrected chi connectivity index (χ0v) is 8.13. The molecular formula is C10H11F2NO2. The Balaban J connectivity index is 2.77. The molecule has 0 unspecified atom stereocenters. The molecule has 3 nitrogen and oxygen atoms in total. The number of alkyl halides is 2. The fourth-order valence-electron chi connectivity index (χ4n) is 1.10. The number of aryl methyl sites for hydroxylation is 1. The Bertz CT molecular complexity index is 366. The third-order valence-electron chi connectivity index (χ3n) is 1.81. The van der Waals surface area contributed by atoms with E-state index in [4.69, 9.17) is 0 Å². The molecule has 82 valence electrons. The van der Waals surface area contributed by atoms with Crippen molar-refractivity contribution < 1.29 is 18.7 Å². The summed E-state index contributed by atoms with van der Waals surface area (Å²) in [7, 11) is 0. The number of hydrogen-bond acceptors (Lipinski definition) is 2. The smallest absolute Gasteiger partial charge is 0.255 e. The topological polar surface area (TPSA) is 49.3 Å². The highest BCUT2D eigenvalue weighted by molar-refractivity contribution is 5.96. The summed E-state index contributed by atoms with van der Waals surface area (Å²) in [6, 6.07) is 4.42. The van der Waals surface area contributed by atoms with Gasteiger partial charge in [-0.3, -0.25) is 4.79 Å². The van der Waals surface area contributed by atoms with Gasteiger partial charge in [0.2, 0.25) is 0 Å². The maximum atomic E-state index is 11.8. The predicted molar refractivity (Wildman–Crippen MR) is 51.2 cm³/mol. The van der Waals surface area contributed by atoms with Gasteiger partial charge in [-0.15, -0.1) is 0 Å². The Kier molecular flexibility index (Phi) is 3.60. The Labute approximate surface area is 85.7 Å². The van der Waals surface area contributed by atoms with Crippen LogP contribution in [0.2, 0.25) is 0 Å². The summed E-state index contributed by atoms with van der Waals surface area (Å²) < 4.78 is 23.6. The third-order valence-corrected chi connectivity index (χ3v) is 1.81. The molecule has 0 radical (unpaired) electrons. The fraction of sp³-hybridized carbons (Fsp3) is 0.300. The summed E-state index contributed by atoms with van der Waals surface area (Å²) in [5.74, 6) is -0.913. The van der Waals surface area contributed by atoms with Gasteiger partial charge in [0.15, 0.2) is 0 Å². The predicted octanol–water partition coefficient (Wildman–Crippen LogP) is 1.70. The van der Waals surface area contributed by atoms with E-state index in [1.807, 2.05) is 5.32 Å². The maximum Gasteiger partial charge on any atom is 0.255 e. The molecule has 0 atom stereocenters. The monoisotopic (exact) mass is 215 g/mol. The summed E-state index contributed by atoms with van der Waals surface area (Å²) in [6.45, 7) is 1.02. The lowest BCUT2D eigenvalue weighted by Gasteiger charge is -2.06. The Morgan fingerprint density at radius 1 is 1.53 bits per heavy atom. The Hall–Kier alpha value is -1.65. The van der Waals surface area contributed by atoms with Crippen molar-refractivity contribution in [2.45, 2.75) is 13.3 Å². The molecular weight excluding hydrogens is 204 g/mol. The molecule has 1 aromatic carbocycles. The van der Waals surface area contributed by atoms with Gasteiger partial charge in [0.25, 0.3) is 12.3 Å². The molecule has 0 fully saturated rings. The number of phenols is 1. The number of amides is 1. The molecule has 0 spiro atoms. The van der Waals surface area contributed by atoms with Crippen LogP contribution in [0.5, 0.6) is 5.75 Å². The van der Waals surface area contributed by atoms with Gasteiger partial charge >= 0.3 is 0 Å². The molecule has 0 aliphatic carbocycles. The van der Waals surface area contributed by atoms with Gasteiger partial charge in [-0.1, -0.05) is 11.6 Å². The minimum Gasteiger partial charge on any atom is -0.507 e. The standard InChI is InChI=1S/C10H11F2NO2/c1-6-2-3-8(14)7(4-6)10(15)13-5-9(11)12/h2-4,9,14H,5H2,1H3,(H,13,15). The van der Waals surface area contributed by atoms with Crippen molar-refractivity contribution in [3.8, 4) is 5.75 Å². The van der Waals surface area contributed by atoms with Crippen molar-refractivity contribution in [2.75, 3.05) is 6.54 Å². The largest absolute Gasteiger partial charge is 0.507 e. The van der Waals surface area contributed by atoms with Gasteiger partial charge in [-0.05, 0) is 19.1 Å². The first-order valence-electron chi connectivity index (χ1n) is 4.36. The van der Waals surface area contributed by atoms with Crippen molar-refractivity contribution in [1.29, 1.82) is 0 Å². The zero-order chi connectivity index (χ0) is 11.4. The van der Waals surface area contributed by atoms with Gasteiger partial charge in [-0.2, -0.15) is 0 Å². The lowest BCUT2D eigenvalue weighted by molar-refractivity contribution is 0.0889. The summed E-state index contributed by atoms with van der Waals surface area (Å²) >= 11 is 0. The number of halogens is 2. The molecule has 0 saturated heterocycles. The minimum absolute atomic E-state index is 0.00986. The van der Waals surface area contributed by atoms with Crippen LogP contribution in [0.25, 0.3) is 0 Å². The van der Waals surface area contributed by atoms with Gasteiger partial charge in [0.1, 0.15) is 5.75 Å². The second kappa shape index (κ2) is 4.72. The molecule has 2 N–H and O–H groups in total. The molecule has 5 heteroatoms. The summed E-state index contributed by atoms with van der Waals surface area (Å²) in [4.78, 5) is 11.3. The number of nitrogens with one attached hydrogen (secondary N) is 1. The molecule has 0 aromatic heterocycles.